The summed E-state index contributed by atoms with van der Waals surface area (Å²) >= 11 is 6.14. The van der Waals surface area contributed by atoms with E-state index < -0.39 is 0 Å². The second-order valence-corrected chi connectivity index (χ2v) is 4.70. The van der Waals surface area contributed by atoms with E-state index in [0.29, 0.717) is 16.3 Å². The van der Waals surface area contributed by atoms with Crippen LogP contribution in [0.15, 0.2) is 35.5 Å². The van der Waals surface area contributed by atoms with Gasteiger partial charge < -0.3 is 10.1 Å². The lowest BCUT2D eigenvalue weighted by atomic mass is 9.85. The number of nitrogens with one attached hydrogen (secondary N) is 1. The summed E-state index contributed by atoms with van der Waals surface area (Å²) in [6.45, 7) is 0.140. The van der Waals surface area contributed by atoms with Crippen LogP contribution in [0.5, 0.6) is 0 Å². The van der Waals surface area contributed by atoms with E-state index in [1.807, 2.05) is 18.2 Å². The highest BCUT2D eigenvalue weighted by molar-refractivity contribution is 6.31. The van der Waals surface area contributed by atoms with Crippen LogP contribution in [0.1, 0.15) is 17.9 Å². The lowest BCUT2D eigenvalue weighted by Crippen LogP contribution is -2.32. The average molecular weight is 264 g/mol. The van der Waals surface area contributed by atoms with Gasteiger partial charge in [-0.3, -0.25) is 4.79 Å². The van der Waals surface area contributed by atoms with Gasteiger partial charge in [0, 0.05) is 17.4 Å². The van der Waals surface area contributed by atoms with Gasteiger partial charge in [-0.25, -0.2) is 4.79 Å². The Morgan fingerprint density at radius 2 is 2.06 bits per heavy atom. The van der Waals surface area contributed by atoms with E-state index >= 15 is 0 Å². The Hall–Kier alpha value is -1.81. The molecule has 92 valence electrons. The third kappa shape index (κ3) is 1.69. The van der Waals surface area contributed by atoms with E-state index in [1.165, 1.54) is 0 Å². The highest BCUT2D eigenvalue weighted by Crippen LogP contribution is 2.38. The molecule has 0 unspecified atom stereocenters. The zero-order chi connectivity index (χ0) is 12.7. The van der Waals surface area contributed by atoms with Gasteiger partial charge in [0.15, 0.2) is 0 Å². The van der Waals surface area contributed by atoms with Gasteiger partial charge in [-0.15, -0.1) is 0 Å². The number of halogens is 1. The van der Waals surface area contributed by atoms with Gasteiger partial charge in [-0.1, -0.05) is 29.8 Å². The van der Waals surface area contributed by atoms with Crippen LogP contribution in [0.4, 0.5) is 0 Å². The molecular weight excluding hydrogens is 254 g/mol. The van der Waals surface area contributed by atoms with Crippen molar-refractivity contribution < 1.29 is 14.3 Å². The van der Waals surface area contributed by atoms with E-state index in [0.717, 1.165) is 5.56 Å². The first-order valence-corrected chi connectivity index (χ1v) is 5.99. The fourth-order valence-electron chi connectivity index (χ4n) is 2.40. The van der Waals surface area contributed by atoms with Crippen LogP contribution in [0.25, 0.3) is 0 Å². The lowest BCUT2D eigenvalue weighted by Gasteiger charge is -2.23. The fourth-order valence-corrected chi connectivity index (χ4v) is 2.67. The van der Waals surface area contributed by atoms with Crippen molar-refractivity contribution in [2.75, 3.05) is 6.61 Å². The largest absolute Gasteiger partial charge is 0.456 e. The minimum absolute atomic E-state index is 0.114. The molecule has 0 saturated heterocycles. The van der Waals surface area contributed by atoms with E-state index in [4.69, 9.17) is 16.3 Å². The molecule has 0 bridgehead atoms. The molecule has 0 radical (unpaired) electrons. The van der Waals surface area contributed by atoms with E-state index in [9.17, 15) is 9.59 Å². The predicted molar refractivity (Wildman–Crippen MR) is 64.9 cm³/mol. The number of hydrogen-bond acceptors (Lipinski definition) is 3. The number of amides is 1. The van der Waals surface area contributed by atoms with Crippen LogP contribution in [0.2, 0.25) is 5.02 Å². The molecule has 0 fully saturated rings. The molecule has 1 atom stereocenters. The van der Waals surface area contributed by atoms with Crippen molar-refractivity contribution in [3.63, 3.8) is 0 Å². The number of carbonyl (C=O) groups is 2. The van der Waals surface area contributed by atoms with Crippen LogP contribution in [-0.2, 0) is 14.3 Å². The van der Waals surface area contributed by atoms with Crippen LogP contribution in [0.3, 0.4) is 0 Å². The fraction of sp³-hybridized carbons (Fsp3) is 0.231. The SMILES string of the molecule is O=C1C[C@@H](c2ccccc2Cl)C2=C(COC2=O)N1. The number of benzene rings is 1. The number of rotatable bonds is 1. The summed E-state index contributed by atoms with van der Waals surface area (Å²) in [5.41, 5.74) is 1.89. The van der Waals surface area contributed by atoms with Crippen molar-refractivity contribution in [3.8, 4) is 0 Å². The Bertz CT molecular complexity index is 579. The van der Waals surface area contributed by atoms with Crippen molar-refractivity contribution in [1.29, 1.82) is 0 Å². The quantitative estimate of drug-likeness (QED) is 0.786. The van der Waals surface area contributed by atoms with Gasteiger partial charge in [-0.2, -0.15) is 0 Å². The van der Waals surface area contributed by atoms with Crippen molar-refractivity contribution in [3.05, 3.63) is 46.1 Å². The number of ether oxygens (including phenoxy) is 1. The van der Waals surface area contributed by atoms with Crippen molar-refractivity contribution in [2.45, 2.75) is 12.3 Å². The normalized spacial score (nSPS) is 22.6. The summed E-state index contributed by atoms with van der Waals surface area (Å²) in [4.78, 5) is 23.4. The number of esters is 1. The third-order valence-corrected chi connectivity index (χ3v) is 3.55. The zero-order valence-electron chi connectivity index (χ0n) is 9.40. The molecule has 1 amide bonds. The Balaban J connectivity index is 2.10. The maximum Gasteiger partial charge on any atom is 0.336 e. The average Bonchev–Trinajstić information content (AvgIpc) is 2.71. The standard InChI is InChI=1S/C13H10ClNO3/c14-9-4-2-1-3-7(9)8-5-11(16)15-10-6-18-13(17)12(8)10/h1-4,8H,5-6H2,(H,15,16)/t8-/m0/s1. The first-order valence-electron chi connectivity index (χ1n) is 5.61. The molecule has 2 heterocycles. The second kappa shape index (κ2) is 4.14. The van der Waals surface area contributed by atoms with Gasteiger partial charge in [-0.05, 0) is 11.6 Å². The number of carbonyl (C=O) groups excluding carboxylic acids is 2. The highest BCUT2D eigenvalue weighted by Gasteiger charge is 2.38. The molecule has 1 aromatic rings. The number of hydrogen-bond donors (Lipinski definition) is 1. The summed E-state index contributed by atoms with van der Waals surface area (Å²) in [6, 6.07) is 7.25. The molecule has 0 aliphatic carbocycles. The third-order valence-electron chi connectivity index (χ3n) is 3.20. The molecule has 2 aliphatic rings. The van der Waals surface area contributed by atoms with Gasteiger partial charge in [0.05, 0.1) is 11.3 Å². The summed E-state index contributed by atoms with van der Waals surface area (Å²) in [6.07, 6.45) is 0.220. The Morgan fingerprint density at radius 1 is 1.28 bits per heavy atom. The molecular formula is C13H10ClNO3. The Labute approximate surface area is 109 Å². The molecule has 3 rings (SSSR count). The maximum atomic E-state index is 11.7. The molecule has 5 heteroatoms. The molecule has 4 nitrogen and oxygen atoms in total. The van der Waals surface area contributed by atoms with Crippen LogP contribution < -0.4 is 5.32 Å². The molecule has 2 aliphatic heterocycles. The lowest BCUT2D eigenvalue weighted by molar-refractivity contribution is -0.136. The molecule has 1 aromatic carbocycles. The smallest absolute Gasteiger partial charge is 0.336 e. The molecule has 1 N–H and O–H groups in total. The zero-order valence-corrected chi connectivity index (χ0v) is 10.2. The van der Waals surface area contributed by atoms with Crippen LogP contribution in [-0.4, -0.2) is 18.5 Å². The summed E-state index contributed by atoms with van der Waals surface area (Å²) in [7, 11) is 0. The summed E-state index contributed by atoms with van der Waals surface area (Å²) in [5.74, 6) is -0.788. The predicted octanol–water partition coefficient (Wildman–Crippen LogP) is 1.75. The first-order chi connectivity index (χ1) is 8.66. The van der Waals surface area contributed by atoms with Crippen LogP contribution in [0, 0.1) is 0 Å². The van der Waals surface area contributed by atoms with E-state index in [-0.39, 0.29) is 30.8 Å². The minimum atomic E-state index is -0.366. The molecule has 0 saturated carbocycles. The number of cyclic esters (lactones) is 1. The van der Waals surface area contributed by atoms with E-state index in [2.05, 4.69) is 5.32 Å². The first kappa shape index (κ1) is 11.3. The Morgan fingerprint density at radius 3 is 2.83 bits per heavy atom. The van der Waals surface area contributed by atoms with Crippen molar-refractivity contribution in [1.82, 2.24) is 5.32 Å². The van der Waals surface area contributed by atoms with Gasteiger partial charge >= 0.3 is 5.97 Å². The summed E-state index contributed by atoms with van der Waals surface area (Å²) < 4.78 is 4.97. The highest BCUT2D eigenvalue weighted by atomic mass is 35.5. The maximum absolute atomic E-state index is 11.7. The van der Waals surface area contributed by atoms with E-state index in [1.54, 1.807) is 6.07 Å². The second-order valence-electron chi connectivity index (χ2n) is 4.29. The van der Waals surface area contributed by atoms with Crippen molar-refractivity contribution in [2.24, 2.45) is 0 Å². The van der Waals surface area contributed by atoms with Gasteiger partial charge in [0.2, 0.25) is 5.91 Å². The van der Waals surface area contributed by atoms with Crippen molar-refractivity contribution >= 4 is 23.5 Å². The van der Waals surface area contributed by atoms with Gasteiger partial charge in [0.25, 0.3) is 0 Å². The summed E-state index contributed by atoms with van der Waals surface area (Å²) in [5, 5.41) is 3.24. The molecule has 0 spiro atoms. The monoisotopic (exact) mass is 263 g/mol. The topological polar surface area (TPSA) is 55.4 Å². The van der Waals surface area contributed by atoms with Crippen LogP contribution >= 0.6 is 11.6 Å². The molecule has 0 aromatic heterocycles. The minimum Gasteiger partial charge on any atom is -0.456 e. The van der Waals surface area contributed by atoms with Gasteiger partial charge in [0.1, 0.15) is 6.61 Å². The molecule has 18 heavy (non-hydrogen) atoms. The Kier molecular flexibility index (Phi) is 2.59.